The van der Waals surface area contributed by atoms with Gasteiger partial charge in [-0.05, 0) is 72.7 Å². The Labute approximate surface area is 147 Å². The number of amides is 1. The predicted octanol–water partition coefficient (Wildman–Crippen LogP) is 2.75. The van der Waals surface area contributed by atoms with E-state index in [2.05, 4.69) is 17.4 Å². The Bertz CT molecular complexity index is 967. The lowest BCUT2D eigenvalue weighted by Gasteiger charge is -2.16. The number of nitrogens with one attached hydrogen (secondary N) is 1. The third-order valence-electron chi connectivity index (χ3n) is 4.95. The minimum absolute atomic E-state index is 0.168. The van der Waals surface area contributed by atoms with Gasteiger partial charge in [-0.3, -0.25) is 9.10 Å². The molecule has 0 fully saturated rings. The van der Waals surface area contributed by atoms with Crippen molar-refractivity contribution in [3.05, 3.63) is 58.7 Å². The fourth-order valence-electron chi connectivity index (χ4n) is 3.71. The summed E-state index contributed by atoms with van der Waals surface area (Å²) in [6.45, 7) is 0.435. The van der Waals surface area contributed by atoms with Crippen LogP contribution in [0.2, 0.25) is 0 Å². The standard InChI is InChI=1S/C19H20N2O3S/c1-25(23,24)21-10-9-15-11-16(6-8-18(15)21)19(22)20-17-7-5-13-3-2-4-14(13)12-17/h5-8,11-12H,2-4,9-10H2,1H3,(H,20,22). The number of hydrogen-bond acceptors (Lipinski definition) is 3. The van der Waals surface area contributed by atoms with E-state index in [9.17, 15) is 13.2 Å². The molecule has 1 heterocycles. The first-order chi connectivity index (χ1) is 11.9. The van der Waals surface area contributed by atoms with Gasteiger partial charge in [-0.25, -0.2) is 8.42 Å². The Morgan fingerprint density at radius 2 is 1.80 bits per heavy atom. The van der Waals surface area contributed by atoms with Gasteiger partial charge in [0.15, 0.2) is 0 Å². The number of carbonyl (C=O) groups excluding carboxylic acids is 1. The lowest BCUT2D eigenvalue weighted by molar-refractivity contribution is 0.102. The first kappa shape index (κ1) is 16.1. The maximum atomic E-state index is 12.5. The summed E-state index contributed by atoms with van der Waals surface area (Å²) in [5, 5.41) is 2.95. The molecule has 0 unspecified atom stereocenters. The molecule has 2 aromatic carbocycles. The first-order valence-electron chi connectivity index (χ1n) is 8.45. The van der Waals surface area contributed by atoms with Crippen molar-refractivity contribution in [2.45, 2.75) is 25.7 Å². The second-order valence-electron chi connectivity index (χ2n) is 6.72. The van der Waals surface area contributed by atoms with E-state index < -0.39 is 10.0 Å². The van der Waals surface area contributed by atoms with Crippen molar-refractivity contribution in [3.8, 4) is 0 Å². The number of fused-ring (bicyclic) bond motifs is 2. The molecule has 0 atom stereocenters. The van der Waals surface area contributed by atoms with Crippen LogP contribution in [0.25, 0.3) is 0 Å². The molecular weight excluding hydrogens is 336 g/mol. The number of anilines is 2. The molecule has 25 heavy (non-hydrogen) atoms. The van der Waals surface area contributed by atoms with Crippen molar-refractivity contribution in [3.63, 3.8) is 0 Å². The number of sulfonamides is 1. The van der Waals surface area contributed by atoms with Crippen molar-refractivity contribution in [1.29, 1.82) is 0 Å². The summed E-state index contributed by atoms with van der Waals surface area (Å²) < 4.78 is 25.0. The number of benzene rings is 2. The zero-order valence-electron chi connectivity index (χ0n) is 14.1. The molecule has 0 aromatic heterocycles. The molecule has 1 amide bonds. The largest absolute Gasteiger partial charge is 0.322 e. The van der Waals surface area contributed by atoms with Gasteiger partial charge in [-0.1, -0.05) is 6.07 Å². The van der Waals surface area contributed by atoms with Crippen LogP contribution in [0.5, 0.6) is 0 Å². The minimum atomic E-state index is -3.27. The van der Waals surface area contributed by atoms with Gasteiger partial charge in [-0.15, -0.1) is 0 Å². The summed E-state index contributed by atoms with van der Waals surface area (Å²) in [7, 11) is -3.27. The Morgan fingerprint density at radius 1 is 1.00 bits per heavy atom. The van der Waals surface area contributed by atoms with E-state index in [-0.39, 0.29) is 5.91 Å². The molecule has 130 valence electrons. The van der Waals surface area contributed by atoms with Crippen LogP contribution in [0.4, 0.5) is 11.4 Å². The molecule has 0 radical (unpaired) electrons. The molecule has 2 aliphatic rings. The normalized spacial score (nSPS) is 15.8. The molecule has 2 aromatic rings. The summed E-state index contributed by atoms with van der Waals surface area (Å²) in [5.41, 5.74) is 5.62. The number of hydrogen-bond donors (Lipinski definition) is 1. The lowest BCUT2D eigenvalue weighted by atomic mass is 10.1. The van der Waals surface area contributed by atoms with Crippen molar-refractivity contribution in [1.82, 2.24) is 0 Å². The highest BCUT2D eigenvalue weighted by Crippen LogP contribution is 2.31. The third kappa shape index (κ3) is 3.02. The molecular formula is C19H20N2O3S. The number of carbonyl (C=O) groups is 1. The quantitative estimate of drug-likeness (QED) is 0.920. The van der Waals surface area contributed by atoms with Gasteiger partial charge in [0.2, 0.25) is 10.0 Å². The van der Waals surface area contributed by atoms with E-state index >= 15 is 0 Å². The number of aryl methyl sites for hydroxylation is 2. The van der Waals surface area contributed by atoms with Crippen LogP contribution in [0.1, 0.15) is 33.5 Å². The van der Waals surface area contributed by atoms with Gasteiger partial charge in [0.1, 0.15) is 0 Å². The van der Waals surface area contributed by atoms with Gasteiger partial charge in [0.05, 0.1) is 11.9 Å². The Balaban J connectivity index is 1.56. The molecule has 1 N–H and O–H groups in total. The Kier molecular flexibility index (Phi) is 3.80. The van der Waals surface area contributed by atoms with E-state index in [0.29, 0.717) is 24.2 Å². The zero-order valence-corrected chi connectivity index (χ0v) is 14.9. The van der Waals surface area contributed by atoms with E-state index in [1.54, 1.807) is 18.2 Å². The highest BCUT2D eigenvalue weighted by molar-refractivity contribution is 7.92. The minimum Gasteiger partial charge on any atom is -0.322 e. The average Bonchev–Trinajstić information content (AvgIpc) is 3.19. The lowest BCUT2D eigenvalue weighted by Crippen LogP contribution is -2.27. The molecule has 0 spiro atoms. The van der Waals surface area contributed by atoms with E-state index in [1.807, 2.05) is 6.07 Å². The maximum absolute atomic E-state index is 12.5. The van der Waals surface area contributed by atoms with Crippen LogP contribution in [0.3, 0.4) is 0 Å². The van der Waals surface area contributed by atoms with Crippen molar-refractivity contribution in [2.24, 2.45) is 0 Å². The molecule has 4 rings (SSSR count). The van der Waals surface area contributed by atoms with Crippen molar-refractivity contribution in [2.75, 3.05) is 22.4 Å². The molecule has 1 aliphatic carbocycles. The fraction of sp³-hybridized carbons (Fsp3) is 0.316. The van der Waals surface area contributed by atoms with Crippen LogP contribution in [-0.4, -0.2) is 27.1 Å². The monoisotopic (exact) mass is 356 g/mol. The second-order valence-corrected chi connectivity index (χ2v) is 8.63. The zero-order chi connectivity index (χ0) is 17.6. The van der Waals surface area contributed by atoms with Gasteiger partial charge in [0.25, 0.3) is 5.91 Å². The molecule has 0 saturated heterocycles. The smallest absolute Gasteiger partial charge is 0.255 e. The molecule has 1 aliphatic heterocycles. The van der Waals surface area contributed by atoms with Crippen LogP contribution in [-0.2, 0) is 29.3 Å². The second kappa shape index (κ2) is 5.88. The first-order valence-corrected chi connectivity index (χ1v) is 10.3. The van der Waals surface area contributed by atoms with Crippen LogP contribution < -0.4 is 9.62 Å². The van der Waals surface area contributed by atoms with Crippen LogP contribution in [0.15, 0.2) is 36.4 Å². The summed E-state index contributed by atoms with van der Waals surface area (Å²) in [6, 6.07) is 11.3. The van der Waals surface area contributed by atoms with E-state index in [0.717, 1.165) is 24.1 Å². The summed E-state index contributed by atoms with van der Waals surface area (Å²) >= 11 is 0. The number of rotatable bonds is 3. The SMILES string of the molecule is CS(=O)(=O)N1CCc2cc(C(=O)Nc3ccc4c(c3)CCC4)ccc21. The predicted molar refractivity (Wildman–Crippen MR) is 98.8 cm³/mol. The van der Waals surface area contributed by atoms with Crippen molar-refractivity contribution < 1.29 is 13.2 Å². The topological polar surface area (TPSA) is 66.5 Å². The molecule has 0 bridgehead atoms. The van der Waals surface area contributed by atoms with Crippen molar-refractivity contribution >= 4 is 27.3 Å². The third-order valence-corrected chi connectivity index (χ3v) is 6.13. The molecule has 0 saturated carbocycles. The molecule has 6 heteroatoms. The maximum Gasteiger partial charge on any atom is 0.255 e. The average molecular weight is 356 g/mol. The number of nitrogens with zero attached hydrogens (tertiary/aromatic N) is 1. The highest BCUT2D eigenvalue weighted by atomic mass is 32.2. The Hall–Kier alpha value is -2.34. The van der Waals surface area contributed by atoms with E-state index in [1.165, 1.54) is 28.1 Å². The Morgan fingerprint density at radius 3 is 2.60 bits per heavy atom. The van der Waals surface area contributed by atoms with Gasteiger partial charge < -0.3 is 5.32 Å². The van der Waals surface area contributed by atoms with E-state index in [4.69, 9.17) is 0 Å². The van der Waals surface area contributed by atoms with Crippen LogP contribution >= 0.6 is 0 Å². The summed E-state index contributed by atoms with van der Waals surface area (Å²) in [5.74, 6) is -0.168. The fourth-order valence-corrected chi connectivity index (χ4v) is 4.67. The van der Waals surface area contributed by atoms with Gasteiger partial charge >= 0.3 is 0 Å². The van der Waals surface area contributed by atoms with Gasteiger partial charge in [-0.2, -0.15) is 0 Å². The van der Waals surface area contributed by atoms with Crippen LogP contribution in [0, 0.1) is 0 Å². The molecule has 5 nitrogen and oxygen atoms in total. The summed E-state index contributed by atoms with van der Waals surface area (Å²) in [4.78, 5) is 12.5. The summed E-state index contributed by atoms with van der Waals surface area (Å²) in [6.07, 6.45) is 5.19. The highest BCUT2D eigenvalue weighted by Gasteiger charge is 2.26. The van der Waals surface area contributed by atoms with Gasteiger partial charge in [0, 0.05) is 17.8 Å².